The molecule has 0 spiro atoms. The Balaban J connectivity index is 1.72. The number of carbonyl (C=O) groups is 2. The highest BCUT2D eigenvalue weighted by atomic mass is 16.6. The molecular weight excluding hydrogens is 448 g/mol. The second-order valence-corrected chi connectivity index (χ2v) is 9.37. The number of benzene rings is 2. The predicted octanol–water partition coefficient (Wildman–Crippen LogP) is 4.48. The minimum absolute atomic E-state index is 0.177. The number of nitriles is 1. The summed E-state index contributed by atoms with van der Waals surface area (Å²) < 4.78 is 16.3. The van der Waals surface area contributed by atoms with Crippen LogP contribution in [0.1, 0.15) is 33.6 Å². The fourth-order valence-electron chi connectivity index (χ4n) is 3.87. The van der Waals surface area contributed by atoms with Crippen molar-refractivity contribution >= 4 is 17.7 Å². The Morgan fingerprint density at radius 1 is 1.06 bits per heavy atom. The maximum absolute atomic E-state index is 12.8. The lowest BCUT2D eigenvalue weighted by atomic mass is 9.80. The number of rotatable bonds is 7. The summed E-state index contributed by atoms with van der Waals surface area (Å²) in [6.45, 7) is 6.05. The van der Waals surface area contributed by atoms with Gasteiger partial charge < -0.3 is 24.5 Å². The van der Waals surface area contributed by atoms with Crippen LogP contribution < -0.4 is 15.6 Å². The molecule has 0 bridgehead atoms. The Labute approximate surface area is 205 Å². The minimum atomic E-state index is -1.71. The van der Waals surface area contributed by atoms with Crippen molar-refractivity contribution in [1.29, 1.82) is 5.26 Å². The molecule has 2 aromatic rings. The first kappa shape index (κ1) is 25.8. The van der Waals surface area contributed by atoms with Gasteiger partial charge >= 0.3 is 12.1 Å². The molecule has 3 rings (SSSR count). The molecule has 1 heterocycles. The maximum Gasteiger partial charge on any atom is 0.410 e. The number of carbonyl (C=O) groups excluding carboxylic acids is 2. The summed E-state index contributed by atoms with van der Waals surface area (Å²) in [6.07, 6.45) is 0.707. The van der Waals surface area contributed by atoms with Crippen LogP contribution in [0.5, 0.6) is 11.5 Å². The van der Waals surface area contributed by atoms with E-state index < -0.39 is 29.1 Å². The Morgan fingerprint density at radius 2 is 1.71 bits per heavy atom. The molecular formula is C26H32N4O5. The van der Waals surface area contributed by atoms with E-state index >= 15 is 0 Å². The molecule has 2 atom stereocenters. The standard InChI is InChI=1S/C26H32N4O5/c1-25(2,3)35-24(32)30-16-8-9-19(17-30)26(18-27,23(31)33-4)29-28-20-12-14-22(15-13-20)34-21-10-6-5-7-11-21/h5-7,10-15,19,28-29H,8-9,16-17H2,1-4H3. The summed E-state index contributed by atoms with van der Waals surface area (Å²) >= 11 is 0. The Kier molecular flexibility index (Phi) is 8.20. The molecule has 2 unspecified atom stereocenters. The van der Waals surface area contributed by atoms with E-state index in [2.05, 4.69) is 16.9 Å². The number of anilines is 1. The van der Waals surface area contributed by atoms with E-state index in [1.165, 1.54) is 12.0 Å². The van der Waals surface area contributed by atoms with Crippen LogP contribution in [-0.4, -0.2) is 48.3 Å². The van der Waals surface area contributed by atoms with Crippen LogP contribution in [0.25, 0.3) is 0 Å². The molecule has 0 aliphatic carbocycles. The van der Waals surface area contributed by atoms with Gasteiger partial charge in [-0.2, -0.15) is 5.26 Å². The highest BCUT2D eigenvalue weighted by Gasteiger charge is 2.50. The molecule has 186 valence electrons. The first-order valence-electron chi connectivity index (χ1n) is 11.5. The molecule has 0 aromatic heterocycles. The number of hydrogen-bond acceptors (Lipinski definition) is 8. The summed E-state index contributed by atoms with van der Waals surface area (Å²) in [4.78, 5) is 27.0. The van der Waals surface area contributed by atoms with Crippen LogP contribution in [0.15, 0.2) is 54.6 Å². The first-order valence-corrected chi connectivity index (χ1v) is 11.5. The number of esters is 1. The van der Waals surface area contributed by atoms with Gasteiger partial charge in [-0.25, -0.2) is 15.0 Å². The van der Waals surface area contributed by atoms with Gasteiger partial charge in [0.25, 0.3) is 0 Å². The molecule has 1 aliphatic rings. The molecule has 0 radical (unpaired) electrons. The molecule has 1 saturated heterocycles. The van der Waals surface area contributed by atoms with E-state index in [0.29, 0.717) is 36.6 Å². The van der Waals surface area contributed by atoms with E-state index in [1.807, 2.05) is 30.3 Å². The van der Waals surface area contributed by atoms with Gasteiger partial charge in [0.1, 0.15) is 17.1 Å². The Bertz CT molecular complexity index is 1050. The number of hydrogen-bond donors (Lipinski definition) is 2. The average Bonchev–Trinajstić information content (AvgIpc) is 2.85. The maximum atomic E-state index is 12.8. The zero-order valence-corrected chi connectivity index (χ0v) is 20.5. The topological polar surface area (TPSA) is 113 Å². The van der Waals surface area contributed by atoms with Crippen molar-refractivity contribution in [3.63, 3.8) is 0 Å². The largest absolute Gasteiger partial charge is 0.467 e. The molecule has 0 saturated carbocycles. The van der Waals surface area contributed by atoms with Gasteiger partial charge in [0.2, 0.25) is 5.54 Å². The molecule has 1 amide bonds. The number of likely N-dealkylation sites (tertiary alicyclic amines) is 1. The number of amides is 1. The number of ether oxygens (including phenoxy) is 3. The number of hydrazine groups is 1. The van der Waals surface area contributed by atoms with Gasteiger partial charge in [-0.15, -0.1) is 0 Å². The van der Waals surface area contributed by atoms with E-state index in [4.69, 9.17) is 14.2 Å². The van der Waals surface area contributed by atoms with E-state index in [9.17, 15) is 14.9 Å². The summed E-state index contributed by atoms with van der Waals surface area (Å²) in [7, 11) is 1.24. The molecule has 2 aromatic carbocycles. The molecule has 35 heavy (non-hydrogen) atoms. The fraction of sp³-hybridized carbons (Fsp3) is 0.423. The van der Waals surface area contributed by atoms with E-state index in [0.717, 1.165) is 0 Å². The highest BCUT2D eigenvalue weighted by molar-refractivity contribution is 5.85. The second-order valence-electron chi connectivity index (χ2n) is 9.37. The van der Waals surface area contributed by atoms with Gasteiger partial charge in [0, 0.05) is 24.7 Å². The number of para-hydroxylation sites is 1. The van der Waals surface area contributed by atoms with Crippen molar-refractivity contribution in [2.24, 2.45) is 5.92 Å². The first-order chi connectivity index (χ1) is 16.7. The third-order valence-electron chi connectivity index (χ3n) is 5.61. The van der Waals surface area contributed by atoms with Gasteiger partial charge in [0.15, 0.2) is 0 Å². The molecule has 1 aliphatic heterocycles. The fourth-order valence-corrected chi connectivity index (χ4v) is 3.87. The monoisotopic (exact) mass is 480 g/mol. The predicted molar refractivity (Wildman–Crippen MR) is 131 cm³/mol. The van der Waals surface area contributed by atoms with Gasteiger partial charge in [-0.3, -0.25) is 0 Å². The number of nitrogens with zero attached hydrogens (tertiary/aromatic N) is 2. The zero-order valence-electron chi connectivity index (χ0n) is 20.5. The highest BCUT2D eigenvalue weighted by Crippen LogP contribution is 2.30. The number of methoxy groups -OCH3 is 1. The third kappa shape index (κ3) is 6.64. The second kappa shape index (κ2) is 11.1. The SMILES string of the molecule is COC(=O)C(C#N)(NNc1ccc(Oc2ccccc2)cc1)C1CCCN(C(=O)OC(C)(C)C)C1. The van der Waals surface area contributed by atoms with Crippen molar-refractivity contribution in [3.05, 3.63) is 54.6 Å². The van der Waals surface area contributed by atoms with E-state index in [1.54, 1.807) is 45.0 Å². The van der Waals surface area contributed by atoms with Crippen LogP contribution in [0.3, 0.4) is 0 Å². The lowest BCUT2D eigenvalue weighted by molar-refractivity contribution is -0.149. The summed E-state index contributed by atoms with van der Waals surface area (Å²) in [5.41, 5.74) is 4.11. The number of nitrogens with one attached hydrogen (secondary N) is 2. The van der Waals surface area contributed by atoms with Gasteiger partial charge in [0.05, 0.1) is 13.2 Å². The van der Waals surface area contributed by atoms with Crippen LogP contribution in [0.4, 0.5) is 10.5 Å². The molecule has 1 fully saturated rings. The van der Waals surface area contributed by atoms with Crippen molar-refractivity contribution in [1.82, 2.24) is 10.3 Å². The van der Waals surface area contributed by atoms with Crippen molar-refractivity contribution in [3.8, 4) is 17.6 Å². The lowest BCUT2D eigenvalue weighted by Crippen LogP contribution is -2.62. The zero-order chi connectivity index (χ0) is 25.5. The third-order valence-corrected chi connectivity index (χ3v) is 5.61. The Hall–Kier alpha value is -3.77. The minimum Gasteiger partial charge on any atom is -0.467 e. The van der Waals surface area contributed by atoms with E-state index in [-0.39, 0.29) is 6.54 Å². The molecule has 2 N–H and O–H groups in total. The van der Waals surface area contributed by atoms with Crippen LogP contribution >= 0.6 is 0 Å². The molecule has 9 heteroatoms. The quantitative estimate of drug-likeness (QED) is 0.441. The smallest absolute Gasteiger partial charge is 0.410 e. The average molecular weight is 481 g/mol. The van der Waals surface area contributed by atoms with Crippen LogP contribution in [0.2, 0.25) is 0 Å². The van der Waals surface area contributed by atoms with Crippen LogP contribution in [-0.2, 0) is 14.3 Å². The van der Waals surface area contributed by atoms with Gasteiger partial charge in [-0.1, -0.05) is 18.2 Å². The van der Waals surface area contributed by atoms with Crippen molar-refractivity contribution < 1.29 is 23.8 Å². The van der Waals surface area contributed by atoms with Crippen molar-refractivity contribution in [2.75, 3.05) is 25.6 Å². The van der Waals surface area contributed by atoms with Crippen LogP contribution in [0, 0.1) is 17.2 Å². The lowest BCUT2D eigenvalue weighted by Gasteiger charge is -2.40. The normalized spacial score (nSPS) is 17.5. The number of piperidine rings is 1. The summed E-state index contributed by atoms with van der Waals surface area (Å²) in [5, 5.41) is 10.1. The summed E-state index contributed by atoms with van der Waals surface area (Å²) in [5.74, 6) is 0.107. The van der Waals surface area contributed by atoms with Gasteiger partial charge in [-0.05, 0) is 70.0 Å². The summed E-state index contributed by atoms with van der Waals surface area (Å²) in [6, 6.07) is 18.6. The Morgan fingerprint density at radius 3 is 2.31 bits per heavy atom. The molecule has 9 nitrogen and oxygen atoms in total. The van der Waals surface area contributed by atoms with Crippen molar-refractivity contribution in [2.45, 2.75) is 44.8 Å².